The Morgan fingerprint density at radius 3 is 2.48 bits per heavy atom. The number of nitrogens with zero attached hydrogens (tertiary/aromatic N) is 2. The number of nitrogens with one attached hydrogen (secondary N) is 2. The fourth-order valence-electron chi connectivity index (χ4n) is 2.48. The highest BCUT2D eigenvalue weighted by Gasteiger charge is 2.08. The number of thiophene rings is 1. The molecule has 4 aromatic rings. The summed E-state index contributed by atoms with van der Waals surface area (Å²) < 4.78 is 5.76. The first kappa shape index (κ1) is 17.0. The van der Waals surface area contributed by atoms with Crippen molar-refractivity contribution in [3.63, 3.8) is 0 Å². The van der Waals surface area contributed by atoms with Gasteiger partial charge >= 0.3 is 0 Å². The van der Waals surface area contributed by atoms with Crippen LogP contribution < -0.4 is 15.6 Å². The average molecular weight is 376 g/mol. The van der Waals surface area contributed by atoms with Crippen molar-refractivity contribution in [2.75, 3.05) is 5.32 Å². The smallest absolute Gasteiger partial charge is 0.280 e. The molecule has 27 heavy (non-hydrogen) atoms. The van der Waals surface area contributed by atoms with E-state index in [4.69, 9.17) is 4.74 Å². The molecule has 0 spiro atoms. The molecule has 0 saturated carbocycles. The number of ether oxygens (including phenoxy) is 1. The van der Waals surface area contributed by atoms with Crippen LogP contribution in [0, 0.1) is 0 Å². The van der Waals surface area contributed by atoms with E-state index in [0.717, 1.165) is 21.9 Å². The largest absolute Gasteiger partial charge is 0.489 e. The van der Waals surface area contributed by atoms with Gasteiger partial charge in [0, 0.05) is 5.69 Å². The summed E-state index contributed by atoms with van der Waals surface area (Å²) in [6.45, 7) is 0.511. The van der Waals surface area contributed by atoms with Gasteiger partial charge in [0.1, 0.15) is 12.4 Å². The van der Waals surface area contributed by atoms with Crippen LogP contribution in [0.5, 0.6) is 5.75 Å². The SMILES string of the molecule is O=c1[nH]c(Nc2ccc(OCc3ccccc3)cc2)nnc1-c1cccs1. The third-order valence-corrected chi connectivity index (χ3v) is 4.69. The van der Waals surface area contributed by atoms with E-state index in [0.29, 0.717) is 18.2 Å². The van der Waals surface area contributed by atoms with Crippen LogP contribution in [0.2, 0.25) is 0 Å². The molecule has 4 rings (SSSR count). The van der Waals surface area contributed by atoms with Crippen molar-refractivity contribution >= 4 is 23.0 Å². The molecule has 0 fully saturated rings. The molecule has 2 aromatic heterocycles. The van der Waals surface area contributed by atoms with Gasteiger partial charge in [-0.05, 0) is 41.3 Å². The summed E-state index contributed by atoms with van der Waals surface area (Å²) in [4.78, 5) is 15.7. The van der Waals surface area contributed by atoms with Gasteiger partial charge in [-0.15, -0.1) is 21.5 Å². The fourth-order valence-corrected chi connectivity index (χ4v) is 3.19. The Labute approximate surface area is 159 Å². The average Bonchev–Trinajstić information content (AvgIpc) is 3.23. The summed E-state index contributed by atoms with van der Waals surface area (Å²) in [6, 6.07) is 21.1. The summed E-state index contributed by atoms with van der Waals surface area (Å²) >= 11 is 1.45. The molecule has 134 valence electrons. The number of aromatic amines is 1. The highest BCUT2D eigenvalue weighted by molar-refractivity contribution is 7.13. The molecule has 7 heteroatoms. The van der Waals surface area contributed by atoms with E-state index in [1.54, 1.807) is 0 Å². The molecule has 0 saturated heterocycles. The highest BCUT2D eigenvalue weighted by Crippen LogP contribution is 2.20. The van der Waals surface area contributed by atoms with Gasteiger partial charge in [-0.3, -0.25) is 9.78 Å². The molecule has 2 N–H and O–H groups in total. The summed E-state index contributed by atoms with van der Waals surface area (Å²) in [7, 11) is 0. The molecule has 2 aromatic carbocycles. The van der Waals surface area contributed by atoms with Gasteiger partial charge in [0.25, 0.3) is 5.56 Å². The summed E-state index contributed by atoms with van der Waals surface area (Å²) in [5.41, 5.74) is 1.92. The Kier molecular flexibility index (Phi) is 4.93. The first-order valence-electron chi connectivity index (χ1n) is 8.32. The summed E-state index contributed by atoms with van der Waals surface area (Å²) in [6.07, 6.45) is 0. The maximum Gasteiger partial charge on any atom is 0.280 e. The fraction of sp³-hybridized carbons (Fsp3) is 0.0500. The van der Waals surface area contributed by atoms with Crippen LogP contribution in [0.15, 0.2) is 76.9 Å². The molecule has 0 bridgehead atoms. The Morgan fingerprint density at radius 1 is 0.963 bits per heavy atom. The lowest BCUT2D eigenvalue weighted by atomic mass is 10.2. The molecule has 0 unspecified atom stereocenters. The minimum absolute atomic E-state index is 0.280. The third-order valence-electron chi connectivity index (χ3n) is 3.82. The molecular weight excluding hydrogens is 360 g/mol. The summed E-state index contributed by atoms with van der Waals surface area (Å²) in [5.74, 6) is 1.05. The van der Waals surface area contributed by atoms with Crippen molar-refractivity contribution in [1.29, 1.82) is 0 Å². The zero-order chi connectivity index (χ0) is 18.5. The highest BCUT2D eigenvalue weighted by atomic mass is 32.1. The Hall–Kier alpha value is -3.45. The molecule has 0 aliphatic carbocycles. The lowest BCUT2D eigenvalue weighted by Gasteiger charge is -2.08. The second kappa shape index (κ2) is 7.84. The topological polar surface area (TPSA) is 79.9 Å². The van der Waals surface area contributed by atoms with Gasteiger partial charge in [-0.25, -0.2) is 0 Å². The van der Waals surface area contributed by atoms with Gasteiger partial charge in [0.15, 0.2) is 5.69 Å². The number of hydrogen-bond donors (Lipinski definition) is 2. The van der Waals surface area contributed by atoms with Gasteiger partial charge in [-0.2, -0.15) is 0 Å². The van der Waals surface area contributed by atoms with E-state index in [1.807, 2.05) is 72.1 Å². The van der Waals surface area contributed by atoms with Crippen LogP contribution in [-0.2, 0) is 6.61 Å². The van der Waals surface area contributed by atoms with Gasteiger partial charge in [0.05, 0.1) is 4.88 Å². The number of hydrogen-bond acceptors (Lipinski definition) is 6. The normalized spacial score (nSPS) is 10.5. The number of aromatic nitrogens is 3. The molecule has 0 aliphatic heterocycles. The summed E-state index contributed by atoms with van der Waals surface area (Å²) in [5, 5.41) is 13.0. The second-order valence-corrected chi connectivity index (χ2v) is 6.70. The zero-order valence-corrected chi connectivity index (χ0v) is 15.1. The standard InChI is InChI=1S/C20H16N4O2S/c25-19-18(17-7-4-12-27-17)23-24-20(22-19)21-15-8-10-16(11-9-15)26-13-14-5-2-1-3-6-14/h1-12H,13H2,(H2,21,22,24,25). The molecule has 6 nitrogen and oxygen atoms in total. The van der Waals surface area contributed by atoms with E-state index < -0.39 is 0 Å². The monoisotopic (exact) mass is 376 g/mol. The molecule has 0 radical (unpaired) electrons. The number of anilines is 2. The molecular formula is C20H16N4O2S. The van der Waals surface area contributed by atoms with E-state index in [2.05, 4.69) is 20.5 Å². The minimum atomic E-state index is -0.280. The zero-order valence-electron chi connectivity index (χ0n) is 14.3. The van der Waals surface area contributed by atoms with Crippen LogP contribution in [0.25, 0.3) is 10.6 Å². The first-order chi connectivity index (χ1) is 13.3. The van der Waals surface area contributed by atoms with Gasteiger partial charge in [0.2, 0.25) is 5.95 Å². The number of H-pyrrole nitrogens is 1. The van der Waals surface area contributed by atoms with E-state index in [9.17, 15) is 4.79 Å². The van der Waals surface area contributed by atoms with E-state index in [-0.39, 0.29) is 5.56 Å². The number of benzene rings is 2. The molecule has 0 aliphatic rings. The third kappa shape index (κ3) is 4.21. The number of rotatable bonds is 6. The minimum Gasteiger partial charge on any atom is -0.489 e. The Balaban J connectivity index is 1.41. The molecule has 0 amide bonds. The van der Waals surface area contributed by atoms with Crippen molar-refractivity contribution in [3.8, 4) is 16.3 Å². The second-order valence-electron chi connectivity index (χ2n) is 5.75. The van der Waals surface area contributed by atoms with E-state index >= 15 is 0 Å². The van der Waals surface area contributed by atoms with Gasteiger partial charge in [-0.1, -0.05) is 36.4 Å². The predicted octanol–water partition coefficient (Wildman–Crippen LogP) is 4.22. The Morgan fingerprint density at radius 2 is 1.78 bits per heavy atom. The quantitative estimate of drug-likeness (QED) is 0.527. The van der Waals surface area contributed by atoms with Crippen LogP contribution in [0.4, 0.5) is 11.6 Å². The lowest BCUT2D eigenvalue weighted by molar-refractivity contribution is 0.306. The van der Waals surface area contributed by atoms with Crippen molar-refractivity contribution in [2.24, 2.45) is 0 Å². The van der Waals surface area contributed by atoms with Crippen molar-refractivity contribution in [2.45, 2.75) is 6.61 Å². The van der Waals surface area contributed by atoms with Crippen LogP contribution >= 0.6 is 11.3 Å². The molecule has 0 atom stereocenters. The van der Waals surface area contributed by atoms with Crippen molar-refractivity contribution in [1.82, 2.24) is 15.2 Å². The van der Waals surface area contributed by atoms with Crippen LogP contribution in [0.1, 0.15) is 5.56 Å². The van der Waals surface area contributed by atoms with Crippen molar-refractivity contribution < 1.29 is 4.74 Å². The predicted molar refractivity (Wildman–Crippen MR) is 106 cm³/mol. The van der Waals surface area contributed by atoms with E-state index in [1.165, 1.54) is 11.3 Å². The van der Waals surface area contributed by atoms with Gasteiger partial charge < -0.3 is 10.1 Å². The Bertz CT molecular complexity index is 1060. The van der Waals surface area contributed by atoms with Crippen molar-refractivity contribution in [3.05, 3.63) is 88.0 Å². The first-order valence-corrected chi connectivity index (χ1v) is 9.20. The van der Waals surface area contributed by atoms with Crippen LogP contribution in [-0.4, -0.2) is 15.2 Å². The maximum atomic E-state index is 12.2. The lowest BCUT2D eigenvalue weighted by Crippen LogP contribution is -2.15. The molecule has 2 heterocycles. The maximum absolute atomic E-state index is 12.2. The van der Waals surface area contributed by atoms with Crippen LogP contribution in [0.3, 0.4) is 0 Å².